The number of hydrogen-bond acceptors (Lipinski definition) is 8. The molecule has 2 saturated heterocycles. The Morgan fingerprint density at radius 3 is 1.56 bits per heavy atom. The molecule has 6 fully saturated rings. The van der Waals surface area contributed by atoms with Crippen LogP contribution >= 0.6 is 0 Å². The molecule has 10 atom stereocenters. The second kappa shape index (κ2) is 14.4. The predicted molar refractivity (Wildman–Crippen MR) is 134 cm³/mol. The number of rotatable bonds is 1. The molecule has 0 aromatic carbocycles. The van der Waals surface area contributed by atoms with E-state index in [-0.39, 0.29) is 12.3 Å². The molecule has 10 unspecified atom stereocenters. The van der Waals surface area contributed by atoms with Gasteiger partial charge in [-0.2, -0.15) is 0 Å². The number of aliphatic hydroxyl groups is 1. The van der Waals surface area contributed by atoms with Gasteiger partial charge >= 0.3 is 17.9 Å². The highest BCUT2D eigenvalue weighted by atomic mass is 16.7. The summed E-state index contributed by atoms with van der Waals surface area (Å²) in [6, 6.07) is 0. The number of hydrogen-bond donors (Lipinski definition) is 1. The van der Waals surface area contributed by atoms with Gasteiger partial charge in [-0.15, -0.1) is 0 Å². The number of ether oxygens (including phenoxy) is 4. The summed E-state index contributed by atoms with van der Waals surface area (Å²) in [5.74, 6) is 4.37. The average molecular weight is 513 g/mol. The third-order valence-corrected chi connectivity index (χ3v) is 8.44. The van der Waals surface area contributed by atoms with Gasteiger partial charge in [0, 0.05) is 32.6 Å². The van der Waals surface area contributed by atoms with Crippen molar-refractivity contribution in [2.24, 2.45) is 47.3 Å². The van der Waals surface area contributed by atoms with E-state index in [2.05, 4.69) is 4.74 Å². The van der Waals surface area contributed by atoms with E-state index in [1.165, 1.54) is 59.3 Å². The third-order valence-electron chi connectivity index (χ3n) is 8.44. The standard InChI is InChI=1S/C11H16O3.C9H14O2.C4H6O3.2C2H6/c1-6(12)14-11-10-8-3-2-7(4-8)9(10)5-13-11;10-9-8-6-2-1-5(3-6)7(8)4-11-9;1-3(5)7-4(2)6;2*1-2/h7-11H,2-5H2,1H3;5-10H,1-4H2;1-2H3;2*1-2H3. The lowest BCUT2D eigenvalue weighted by Crippen LogP contribution is -2.29. The normalized spacial score (nSPS) is 39.4. The molecule has 36 heavy (non-hydrogen) atoms. The summed E-state index contributed by atoms with van der Waals surface area (Å²) in [6.45, 7) is 13.5. The minimum absolute atomic E-state index is 0.210. The van der Waals surface area contributed by atoms with E-state index < -0.39 is 18.2 Å². The number of aliphatic hydroxyl groups excluding tert-OH is 1. The predicted octanol–water partition coefficient (Wildman–Crippen LogP) is 4.71. The van der Waals surface area contributed by atoms with Gasteiger partial charge in [-0.1, -0.05) is 27.7 Å². The van der Waals surface area contributed by atoms with E-state index >= 15 is 0 Å². The number of fused-ring (bicyclic) bond motifs is 10. The minimum atomic E-state index is -0.562. The Bertz CT molecular complexity index is 712. The van der Waals surface area contributed by atoms with Gasteiger partial charge in [0.05, 0.1) is 13.2 Å². The molecule has 0 aromatic heterocycles. The third kappa shape index (κ3) is 7.29. The highest BCUT2D eigenvalue weighted by Crippen LogP contribution is 2.57. The van der Waals surface area contributed by atoms with Crippen LogP contribution in [0.1, 0.15) is 87.0 Å². The van der Waals surface area contributed by atoms with Gasteiger partial charge in [0.15, 0.2) is 6.29 Å². The summed E-state index contributed by atoms with van der Waals surface area (Å²) in [5, 5.41) is 9.50. The van der Waals surface area contributed by atoms with Gasteiger partial charge in [-0.25, -0.2) is 0 Å². The van der Waals surface area contributed by atoms with Gasteiger partial charge in [-0.05, 0) is 74.0 Å². The first kappa shape index (κ1) is 30.7. The van der Waals surface area contributed by atoms with E-state index in [0.29, 0.717) is 23.7 Å². The maximum absolute atomic E-state index is 10.9. The van der Waals surface area contributed by atoms with E-state index in [1.54, 1.807) is 0 Å². The quantitative estimate of drug-likeness (QED) is 0.397. The molecule has 2 heterocycles. The zero-order valence-corrected chi connectivity index (χ0v) is 23.2. The van der Waals surface area contributed by atoms with Crippen molar-refractivity contribution in [2.45, 2.75) is 99.6 Å². The van der Waals surface area contributed by atoms with E-state index in [1.807, 2.05) is 27.7 Å². The van der Waals surface area contributed by atoms with E-state index in [0.717, 1.165) is 36.9 Å². The van der Waals surface area contributed by atoms with Gasteiger partial charge in [0.2, 0.25) is 6.29 Å². The van der Waals surface area contributed by atoms with Crippen LogP contribution in [0.5, 0.6) is 0 Å². The van der Waals surface area contributed by atoms with Gasteiger partial charge in [0.1, 0.15) is 0 Å². The van der Waals surface area contributed by atoms with E-state index in [4.69, 9.17) is 14.2 Å². The first-order valence-corrected chi connectivity index (χ1v) is 14.0. The summed E-state index contributed by atoms with van der Waals surface area (Å²) in [7, 11) is 0. The molecule has 0 aromatic rings. The molecule has 8 heteroatoms. The Hall–Kier alpha value is -1.51. The first-order valence-electron chi connectivity index (χ1n) is 14.0. The molecule has 0 spiro atoms. The number of carbonyl (C=O) groups excluding carboxylic acids is 3. The second-order valence-electron chi connectivity index (χ2n) is 10.3. The first-order chi connectivity index (χ1) is 17.2. The Labute approximate surface area is 216 Å². The van der Waals surface area contributed by atoms with Crippen molar-refractivity contribution < 1.29 is 38.4 Å². The maximum atomic E-state index is 10.9. The van der Waals surface area contributed by atoms with Crippen LogP contribution in [0.25, 0.3) is 0 Å². The fourth-order valence-corrected chi connectivity index (χ4v) is 7.39. The van der Waals surface area contributed by atoms with Crippen LogP contribution in [0, 0.1) is 47.3 Å². The summed E-state index contributed by atoms with van der Waals surface area (Å²) < 4.78 is 20.0. The fourth-order valence-electron chi connectivity index (χ4n) is 7.39. The highest BCUT2D eigenvalue weighted by molar-refractivity contribution is 5.82. The smallest absolute Gasteiger partial charge is 0.310 e. The molecule has 208 valence electrons. The number of esters is 3. The van der Waals surface area contributed by atoms with Crippen LogP contribution in [0.4, 0.5) is 0 Å². The largest absolute Gasteiger partial charge is 0.436 e. The molecule has 8 nitrogen and oxygen atoms in total. The van der Waals surface area contributed by atoms with Crippen LogP contribution in [0.2, 0.25) is 0 Å². The molecule has 4 aliphatic carbocycles. The van der Waals surface area contributed by atoms with E-state index in [9.17, 15) is 19.5 Å². The van der Waals surface area contributed by atoms with Crippen molar-refractivity contribution in [3.8, 4) is 0 Å². The average Bonchev–Trinajstić information content (AvgIpc) is 3.66. The molecule has 2 aliphatic heterocycles. The maximum Gasteiger partial charge on any atom is 0.310 e. The van der Waals surface area contributed by atoms with Crippen LogP contribution < -0.4 is 0 Å². The van der Waals surface area contributed by atoms with Crippen LogP contribution in [0.3, 0.4) is 0 Å². The molecule has 1 N–H and O–H groups in total. The summed E-state index contributed by atoms with van der Waals surface area (Å²) in [5.41, 5.74) is 0. The van der Waals surface area contributed by atoms with Crippen LogP contribution in [0.15, 0.2) is 0 Å². The SMILES string of the molecule is CC.CC.CC(=O)OC(C)=O.CC(=O)OC1OCC2C3CCC(C3)C12.OC1OCC2C3CCC(C3)C12. The lowest BCUT2D eigenvalue weighted by molar-refractivity contribution is -0.175. The fraction of sp³-hybridized carbons (Fsp3) is 0.893. The Morgan fingerprint density at radius 1 is 0.667 bits per heavy atom. The molecule has 0 radical (unpaired) electrons. The second-order valence-corrected chi connectivity index (χ2v) is 10.3. The van der Waals surface area contributed by atoms with Crippen molar-refractivity contribution in [3.05, 3.63) is 0 Å². The summed E-state index contributed by atoms with van der Waals surface area (Å²) in [6.07, 6.45) is 7.47. The van der Waals surface area contributed by atoms with Gasteiger partial charge < -0.3 is 24.1 Å². The van der Waals surface area contributed by atoms with Crippen molar-refractivity contribution >= 4 is 17.9 Å². The minimum Gasteiger partial charge on any atom is -0.436 e. The molecular formula is C28H48O8. The molecule has 4 saturated carbocycles. The van der Waals surface area contributed by atoms with Crippen LogP contribution in [-0.2, 0) is 33.3 Å². The molecule has 0 amide bonds. The zero-order chi connectivity index (χ0) is 27.0. The lowest BCUT2D eigenvalue weighted by atomic mass is 9.81. The summed E-state index contributed by atoms with van der Waals surface area (Å²) in [4.78, 5) is 30.5. The molecule has 6 rings (SSSR count). The Kier molecular flexibility index (Phi) is 12.3. The Balaban J connectivity index is 0.000000187. The highest BCUT2D eigenvalue weighted by Gasteiger charge is 2.56. The molecule has 4 bridgehead atoms. The van der Waals surface area contributed by atoms with Crippen LogP contribution in [-0.4, -0.2) is 48.8 Å². The van der Waals surface area contributed by atoms with Crippen molar-refractivity contribution in [2.75, 3.05) is 13.2 Å². The Morgan fingerprint density at radius 2 is 1.11 bits per heavy atom. The molecular weight excluding hydrogens is 464 g/mol. The molecule has 6 aliphatic rings. The summed E-state index contributed by atoms with van der Waals surface area (Å²) >= 11 is 0. The lowest BCUT2D eigenvalue weighted by Gasteiger charge is -2.25. The van der Waals surface area contributed by atoms with Crippen molar-refractivity contribution in [1.29, 1.82) is 0 Å². The van der Waals surface area contributed by atoms with Gasteiger partial charge in [-0.3, -0.25) is 14.4 Å². The van der Waals surface area contributed by atoms with Crippen molar-refractivity contribution in [1.82, 2.24) is 0 Å². The van der Waals surface area contributed by atoms with Crippen molar-refractivity contribution in [3.63, 3.8) is 0 Å². The monoisotopic (exact) mass is 512 g/mol. The number of carbonyl (C=O) groups is 3. The zero-order valence-electron chi connectivity index (χ0n) is 23.2. The topological polar surface area (TPSA) is 108 Å². The van der Waals surface area contributed by atoms with Gasteiger partial charge in [0.25, 0.3) is 0 Å².